The Kier molecular flexibility index (Phi) is 27.7. The van der Waals surface area contributed by atoms with Crippen LogP contribution in [0.25, 0.3) is 21.5 Å². The van der Waals surface area contributed by atoms with Crippen molar-refractivity contribution in [1.29, 1.82) is 0 Å². The number of aliphatic carboxylic acids is 3. The van der Waals surface area contributed by atoms with Crippen LogP contribution in [-0.4, -0.2) is 149 Å². The molecule has 0 aromatic heterocycles. The molecule has 0 bridgehead atoms. The number of nitrogens with zero attached hydrogens (tertiary/aromatic N) is 2. The predicted octanol–water partition coefficient (Wildman–Crippen LogP) is 12.5. The number of carboxylic acids is 3. The third kappa shape index (κ3) is 22.0. The van der Waals surface area contributed by atoms with Crippen molar-refractivity contribution in [2.24, 2.45) is 5.92 Å². The van der Waals surface area contributed by atoms with E-state index in [4.69, 9.17) is 14.6 Å². The Morgan fingerprint density at radius 1 is 0.613 bits per heavy atom. The first-order valence-electron chi connectivity index (χ1n) is 36.1. The molecule has 2 heterocycles. The maximum absolute atomic E-state index is 14.3. The summed E-state index contributed by atoms with van der Waals surface area (Å²) in [5.74, 6) is -5.71. The summed E-state index contributed by atoms with van der Waals surface area (Å²) in [6, 6.07) is 37.7. The van der Waals surface area contributed by atoms with E-state index in [0.29, 0.717) is 55.8 Å². The molecule has 0 spiro atoms. The van der Waals surface area contributed by atoms with Gasteiger partial charge in [0.1, 0.15) is 29.9 Å². The fourth-order valence-corrected chi connectivity index (χ4v) is 15.6. The number of hydrogen-bond acceptors (Lipinski definition) is 14. The van der Waals surface area contributed by atoms with Crippen LogP contribution >= 0.6 is 0 Å². The van der Waals surface area contributed by atoms with E-state index in [9.17, 15) is 69.7 Å². The molecule has 0 saturated carbocycles. The summed E-state index contributed by atoms with van der Waals surface area (Å²) < 4.78 is 81.9. The highest BCUT2D eigenvalue weighted by atomic mass is 32.2. The average molecular weight is 1490 g/mol. The highest BCUT2D eigenvalue weighted by Gasteiger charge is 2.46. The van der Waals surface area contributed by atoms with Crippen molar-refractivity contribution in [2.45, 2.75) is 160 Å². The third-order valence-electron chi connectivity index (χ3n) is 19.8. The van der Waals surface area contributed by atoms with Crippen LogP contribution < -0.4 is 25.6 Å². The zero-order valence-corrected chi connectivity index (χ0v) is 62.0. The Balaban J connectivity index is 0.936. The van der Waals surface area contributed by atoms with Gasteiger partial charge in [-0.05, 0) is 170 Å². The van der Waals surface area contributed by atoms with Crippen LogP contribution in [0, 0.1) is 5.92 Å². The van der Waals surface area contributed by atoms with Crippen LogP contribution in [0.4, 0.5) is 16.2 Å². The van der Waals surface area contributed by atoms with Crippen molar-refractivity contribution in [2.75, 3.05) is 49.3 Å². The van der Waals surface area contributed by atoms with E-state index >= 15 is 0 Å². The van der Waals surface area contributed by atoms with Crippen molar-refractivity contribution < 1.29 is 88.9 Å². The SMILES string of the molecule is CC1(C)C(/C=C/C2=C(Oc3ccc(C[C@H](CC(=O)[C@H](Cc4ccccc4)NC(=O)CCOCCCC(=O)CC[C@H](NC(=O)NCCCC(=O)O)C(=O)O)C(=O)O)cc3)C(=C/C=C3/N(CCCCS(=O)(=O)O)c4ccc5ccccc5c4C3(C)C)/CCC2)=[N+](CCCCS(=O)(=O)O)c2ccc3ccccc3c21. The van der Waals surface area contributed by atoms with E-state index in [1.807, 2.05) is 30.3 Å². The minimum Gasteiger partial charge on any atom is -0.481 e. The molecular formula is C81H96N5O18S2+. The number of urea groups is 1. The number of carboxylic acid groups (broad SMARTS) is 3. The number of nitrogens with one attached hydrogen (secondary N) is 3. The number of unbranched alkanes of at least 4 members (excludes halogenated alkanes) is 2. The molecule has 3 amide bonds. The number of anilines is 1. The Labute approximate surface area is 619 Å². The first-order chi connectivity index (χ1) is 50.5. The van der Waals surface area contributed by atoms with Gasteiger partial charge >= 0.3 is 23.9 Å². The van der Waals surface area contributed by atoms with Crippen LogP contribution in [0.3, 0.4) is 0 Å². The topological polar surface area (TPSA) is 350 Å². The molecule has 3 aliphatic rings. The number of amides is 3. The van der Waals surface area contributed by atoms with Gasteiger partial charge in [-0.1, -0.05) is 117 Å². The monoisotopic (exact) mass is 1490 g/mol. The van der Waals surface area contributed by atoms with Crippen molar-refractivity contribution in [3.05, 3.63) is 197 Å². The minimum atomic E-state index is -4.18. The number of fused-ring (bicyclic) bond motifs is 6. The lowest BCUT2D eigenvalue weighted by Gasteiger charge is -2.28. The van der Waals surface area contributed by atoms with Gasteiger partial charge in [0.05, 0.1) is 35.5 Å². The molecule has 564 valence electrons. The summed E-state index contributed by atoms with van der Waals surface area (Å²) in [6.45, 7) is 9.73. The van der Waals surface area contributed by atoms with Crippen LogP contribution in [0.5, 0.6) is 5.75 Å². The van der Waals surface area contributed by atoms with E-state index < -0.39 is 91.1 Å². The van der Waals surface area contributed by atoms with Crippen molar-refractivity contribution >= 4 is 100 Å². The second-order valence-electron chi connectivity index (χ2n) is 28.4. The predicted molar refractivity (Wildman–Crippen MR) is 406 cm³/mol. The lowest BCUT2D eigenvalue weighted by atomic mass is 9.78. The first kappa shape index (κ1) is 80.4. The van der Waals surface area contributed by atoms with Crippen molar-refractivity contribution in [3.63, 3.8) is 0 Å². The highest BCUT2D eigenvalue weighted by Crippen LogP contribution is 2.51. The summed E-state index contributed by atoms with van der Waals surface area (Å²) in [6.07, 6.45) is 11.4. The first-order valence-corrected chi connectivity index (χ1v) is 39.3. The standard InChI is InChI=1S/C81H95N5O18S2/c1-80(2)70(85(45-12-14-49-105(97,98)99)67-39-31-56-21-8-10-26-63(56)74(67)80)41-33-58-23-16-24-59(34-42-71-81(3,4)75-64-27-11-9-22-57(64)32-40-68(75)86(71)46-13-15-50-106(100,101)102)76(58)104-62-36-29-55(30-37-62)51-60(77(92)93)53-69(88)66(52-54-19-6-5-7-20-54)83-72(89)43-48-103-47-18-25-61(87)35-38-65(78(94)95)84-79(96)82-44-17-28-73(90)91/h5-11,19-22,26-27,29-34,36-37,39-42,60,65-66H,12-18,23-25,28,35,38,43-53H2,1-4H3,(H7-,82,83,84,89,90,91,92,93,94,95,96,97,98,99,100,101,102)/p+1/t60-,65+,66+/m1/s1. The molecule has 0 radical (unpaired) electrons. The molecule has 0 fully saturated rings. The molecule has 9 rings (SSSR count). The Bertz CT molecular complexity index is 4640. The van der Waals surface area contributed by atoms with Gasteiger partial charge in [-0.2, -0.15) is 21.4 Å². The molecule has 2 aliphatic heterocycles. The molecule has 8 N–H and O–H groups in total. The molecule has 6 aromatic carbocycles. The fourth-order valence-electron chi connectivity index (χ4n) is 14.4. The van der Waals surface area contributed by atoms with E-state index in [2.05, 4.69) is 126 Å². The number of Topliss-reactive ketones (excluding diaryl/α,β-unsaturated/α-hetero) is 2. The van der Waals surface area contributed by atoms with Crippen LogP contribution in [0.1, 0.15) is 146 Å². The van der Waals surface area contributed by atoms with Gasteiger partial charge in [-0.3, -0.25) is 33.1 Å². The number of benzene rings is 6. The maximum atomic E-state index is 14.3. The second-order valence-corrected chi connectivity index (χ2v) is 31.5. The molecule has 1 aliphatic carbocycles. The zero-order valence-electron chi connectivity index (χ0n) is 60.4. The summed E-state index contributed by atoms with van der Waals surface area (Å²) in [4.78, 5) is 90.4. The molecule has 106 heavy (non-hydrogen) atoms. The fraction of sp³-hybridized carbons (Fsp3) is 0.407. The van der Waals surface area contributed by atoms with E-state index in [1.54, 1.807) is 48.5 Å². The quantitative estimate of drug-likeness (QED) is 0.0101. The number of rotatable bonds is 40. The third-order valence-corrected chi connectivity index (χ3v) is 21.4. The van der Waals surface area contributed by atoms with Crippen LogP contribution in [0.15, 0.2) is 174 Å². The minimum absolute atomic E-state index is 0.0208. The number of hydrogen-bond donors (Lipinski definition) is 8. The molecule has 25 heteroatoms. The smallest absolute Gasteiger partial charge is 0.326 e. The molecule has 6 aromatic rings. The number of carbonyl (C=O) groups is 7. The maximum Gasteiger partial charge on any atom is 0.326 e. The summed E-state index contributed by atoms with van der Waals surface area (Å²) >= 11 is 0. The van der Waals surface area contributed by atoms with Gasteiger partial charge in [0.15, 0.2) is 11.5 Å². The summed E-state index contributed by atoms with van der Waals surface area (Å²) in [5.41, 5.74) is 8.29. The van der Waals surface area contributed by atoms with Gasteiger partial charge in [-0.25, -0.2) is 9.59 Å². The van der Waals surface area contributed by atoms with Crippen LogP contribution in [-0.2, 0) is 77.4 Å². The van der Waals surface area contributed by atoms with E-state index in [-0.39, 0.29) is 108 Å². The van der Waals surface area contributed by atoms with E-state index in [0.717, 1.165) is 78.6 Å². The van der Waals surface area contributed by atoms with Crippen LogP contribution in [0.2, 0.25) is 0 Å². The number of ether oxygens (including phenoxy) is 2. The normalized spacial score (nSPS) is 16.5. The summed E-state index contributed by atoms with van der Waals surface area (Å²) in [5, 5.41) is 40.9. The Morgan fingerprint density at radius 3 is 1.93 bits per heavy atom. The molecule has 0 saturated heterocycles. The molecule has 0 unspecified atom stereocenters. The molecular weight excluding hydrogens is 1400 g/mol. The van der Waals surface area contributed by atoms with Gasteiger partial charge in [-0.15, -0.1) is 0 Å². The second kappa shape index (κ2) is 36.6. The zero-order chi connectivity index (χ0) is 76.3. The van der Waals surface area contributed by atoms with E-state index in [1.165, 1.54) is 0 Å². The summed E-state index contributed by atoms with van der Waals surface area (Å²) in [7, 11) is -8.36. The van der Waals surface area contributed by atoms with Crippen molar-refractivity contribution in [1.82, 2.24) is 16.0 Å². The van der Waals surface area contributed by atoms with Gasteiger partial charge < -0.3 is 45.6 Å². The average Bonchev–Trinajstić information content (AvgIpc) is 1.58. The lowest BCUT2D eigenvalue weighted by Crippen LogP contribution is -2.46. The van der Waals surface area contributed by atoms with Crippen molar-refractivity contribution in [3.8, 4) is 5.75 Å². The number of carbonyl (C=O) groups excluding carboxylic acids is 4. The van der Waals surface area contributed by atoms with Gasteiger partial charge in [0.2, 0.25) is 11.6 Å². The van der Waals surface area contributed by atoms with Gasteiger partial charge in [0.25, 0.3) is 20.2 Å². The number of ketones is 2. The molecule has 3 atom stereocenters. The largest absolute Gasteiger partial charge is 0.481 e. The number of allylic oxidation sites excluding steroid dienone is 7. The Morgan fingerprint density at radius 2 is 1.26 bits per heavy atom. The molecule has 23 nitrogen and oxygen atoms in total. The highest BCUT2D eigenvalue weighted by molar-refractivity contribution is 7.86. The Hall–Kier alpha value is -9.66. The van der Waals surface area contributed by atoms with Gasteiger partial charge in [0, 0.05) is 92.7 Å². The lowest BCUT2D eigenvalue weighted by molar-refractivity contribution is -0.438.